The highest BCUT2D eigenvalue weighted by molar-refractivity contribution is 6.03. The molecular formula is C21H25NO4. The maximum Gasteiger partial charge on any atom is 0.336 e. The van der Waals surface area contributed by atoms with Gasteiger partial charge >= 0.3 is 5.97 Å². The fourth-order valence-corrected chi connectivity index (χ4v) is 3.72. The number of ether oxygens (including phenoxy) is 2. The molecule has 1 aromatic carbocycles. The molecule has 1 aromatic rings. The molecule has 1 atom stereocenters. The molecule has 0 radical (unpaired) electrons. The summed E-state index contributed by atoms with van der Waals surface area (Å²) in [5.74, 6) is 0.106. The summed E-state index contributed by atoms with van der Waals surface area (Å²) in [6.45, 7) is 6.48. The van der Waals surface area contributed by atoms with E-state index in [2.05, 4.69) is 5.32 Å². The summed E-state index contributed by atoms with van der Waals surface area (Å²) in [6, 6.07) is 7.62. The zero-order valence-corrected chi connectivity index (χ0v) is 15.6. The van der Waals surface area contributed by atoms with Gasteiger partial charge in [0, 0.05) is 29.3 Å². The third-order valence-electron chi connectivity index (χ3n) is 4.80. The Bertz CT molecular complexity index is 774. The van der Waals surface area contributed by atoms with Gasteiger partial charge in [-0.1, -0.05) is 12.1 Å². The van der Waals surface area contributed by atoms with Gasteiger partial charge in [-0.05, 0) is 51.3 Å². The monoisotopic (exact) mass is 355 g/mol. The quantitative estimate of drug-likeness (QED) is 0.818. The van der Waals surface area contributed by atoms with Gasteiger partial charge in [0.2, 0.25) is 0 Å². The molecule has 1 N–H and O–H groups in total. The van der Waals surface area contributed by atoms with Crippen molar-refractivity contribution < 1.29 is 19.1 Å². The van der Waals surface area contributed by atoms with Gasteiger partial charge in [-0.2, -0.15) is 0 Å². The van der Waals surface area contributed by atoms with Gasteiger partial charge in [0.05, 0.1) is 18.8 Å². The number of Topliss-reactive ketones (excluding diaryl/α,β-unsaturated/α-hetero) is 1. The predicted octanol–water partition coefficient (Wildman–Crippen LogP) is 3.62. The van der Waals surface area contributed by atoms with E-state index in [-0.39, 0.29) is 11.8 Å². The lowest BCUT2D eigenvalue weighted by Crippen LogP contribution is -2.34. The smallest absolute Gasteiger partial charge is 0.336 e. The van der Waals surface area contributed by atoms with Crippen LogP contribution in [0.2, 0.25) is 0 Å². The molecule has 5 nitrogen and oxygen atoms in total. The molecule has 3 rings (SSSR count). The number of rotatable bonds is 5. The Balaban J connectivity index is 2.09. The minimum absolute atomic E-state index is 0.104. The third kappa shape index (κ3) is 3.39. The Hall–Kier alpha value is -2.56. The van der Waals surface area contributed by atoms with E-state index in [9.17, 15) is 9.59 Å². The molecule has 0 bridgehead atoms. The standard InChI is InChI=1S/C21H25NO4/c1-4-25-15-11-9-14(10-12-15)19-18(21(24)26-5-2)13(3)22-16-7-6-8-17(23)20(16)19/h9-12,19,22H,4-8H2,1-3H3/t19-/m0/s1. The van der Waals surface area contributed by atoms with E-state index in [0.29, 0.717) is 30.8 Å². The second-order valence-corrected chi connectivity index (χ2v) is 6.49. The molecule has 138 valence electrons. The van der Waals surface area contributed by atoms with Crippen LogP contribution in [0.4, 0.5) is 0 Å². The molecule has 1 aliphatic carbocycles. The van der Waals surface area contributed by atoms with Crippen LogP contribution >= 0.6 is 0 Å². The number of benzene rings is 1. The first-order valence-electron chi connectivity index (χ1n) is 9.20. The number of allylic oxidation sites excluding steroid dienone is 3. The largest absolute Gasteiger partial charge is 0.494 e. The number of esters is 1. The Morgan fingerprint density at radius 3 is 2.54 bits per heavy atom. The van der Waals surface area contributed by atoms with Crippen molar-refractivity contribution in [1.82, 2.24) is 5.32 Å². The number of nitrogens with one attached hydrogen (secondary N) is 1. The normalized spacial score (nSPS) is 19.8. The Morgan fingerprint density at radius 1 is 1.15 bits per heavy atom. The van der Waals surface area contributed by atoms with Crippen LogP contribution in [0.15, 0.2) is 46.8 Å². The molecule has 1 aliphatic heterocycles. The molecule has 0 saturated carbocycles. The molecule has 26 heavy (non-hydrogen) atoms. The molecular weight excluding hydrogens is 330 g/mol. The zero-order valence-electron chi connectivity index (χ0n) is 15.6. The van der Waals surface area contributed by atoms with E-state index in [1.165, 1.54) is 0 Å². The lowest BCUT2D eigenvalue weighted by atomic mass is 9.75. The van der Waals surface area contributed by atoms with E-state index in [4.69, 9.17) is 9.47 Å². The molecule has 0 saturated heterocycles. The maximum atomic E-state index is 12.7. The average Bonchev–Trinajstić information content (AvgIpc) is 2.62. The van der Waals surface area contributed by atoms with Crippen LogP contribution in [0.1, 0.15) is 51.5 Å². The molecule has 0 unspecified atom stereocenters. The zero-order chi connectivity index (χ0) is 18.7. The van der Waals surface area contributed by atoms with Crippen LogP contribution < -0.4 is 10.1 Å². The first-order valence-corrected chi connectivity index (χ1v) is 9.20. The van der Waals surface area contributed by atoms with Crippen molar-refractivity contribution in [3.8, 4) is 5.75 Å². The second-order valence-electron chi connectivity index (χ2n) is 6.49. The van der Waals surface area contributed by atoms with Crippen molar-refractivity contribution in [3.05, 3.63) is 52.4 Å². The van der Waals surface area contributed by atoms with Crippen molar-refractivity contribution in [2.75, 3.05) is 13.2 Å². The van der Waals surface area contributed by atoms with Crippen LogP contribution in [0.5, 0.6) is 5.75 Å². The van der Waals surface area contributed by atoms with Gasteiger partial charge in [-0.15, -0.1) is 0 Å². The summed E-state index contributed by atoms with van der Waals surface area (Å²) in [5, 5.41) is 3.28. The number of carbonyl (C=O) groups is 2. The molecule has 0 spiro atoms. The van der Waals surface area contributed by atoms with Crippen molar-refractivity contribution in [2.45, 2.75) is 46.0 Å². The van der Waals surface area contributed by atoms with Gasteiger partial charge in [-0.25, -0.2) is 4.79 Å². The van der Waals surface area contributed by atoms with Crippen molar-refractivity contribution >= 4 is 11.8 Å². The Morgan fingerprint density at radius 2 is 1.88 bits per heavy atom. The van der Waals surface area contributed by atoms with E-state index >= 15 is 0 Å². The van der Waals surface area contributed by atoms with Gasteiger partial charge in [0.1, 0.15) is 5.75 Å². The maximum absolute atomic E-state index is 12.7. The van der Waals surface area contributed by atoms with Crippen LogP contribution in [-0.2, 0) is 14.3 Å². The van der Waals surface area contributed by atoms with E-state index < -0.39 is 5.92 Å². The first-order chi connectivity index (χ1) is 12.6. The SMILES string of the molecule is CCOC(=O)C1=C(C)NC2=C(C(=O)CCC2)[C@H]1c1ccc(OCC)cc1. The van der Waals surface area contributed by atoms with E-state index in [0.717, 1.165) is 35.5 Å². The topological polar surface area (TPSA) is 64.6 Å². The fraction of sp³-hybridized carbons (Fsp3) is 0.429. The highest BCUT2D eigenvalue weighted by Gasteiger charge is 2.38. The summed E-state index contributed by atoms with van der Waals surface area (Å²) in [4.78, 5) is 25.4. The fourth-order valence-electron chi connectivity index (χ4n) is 3.72. The first kappa shape index (κ1) is 18.2. The molecule has 1 heterocycles. The highest BCUT2D eigenvalue weighted by atomic mass is 16.5. The van der Waals surface area contributed by atoms with Crippen molar-refractivity contribution in [1.29, 1.82) is 0 Å². The van der Waals surface area contributed by atoms with Gasteiger partial charge in [0.25, 0.3) is 0 Å². The van der Waals surface area contributed by atoms with E-state index in [1.54, 1.807) is 6.92 Å². The van der Waals surface area contributed by atoms with Crippen LogP contribution in [0.25, 0.3) is 0 Å². The van der Waals surface area contributed by atoms with Crippen molar-refractivity contribution in [2.24, 2.45) is 0 Å². The number of hydrogen-bond acceptors (Lipinski definition) is 5. The molecule has 0 aromatic heterocycles. The minimum Gasteiger partial charge on any atom is -0.494 e. The van der Waals surface area contributed by atoms with Crippen LogP contribution in [-0.4, -0.2) is 25.0 Å². The summed E-state index contributed by atoms with van der Waals surface area (Å²) in [6.07, 6.45) is 2.17. The van der Waals surface area contributed by atoms with Crippen LogP contribution in [0.3, 0.4) is 0 Å². The van der Waals surface area contributed by atoms with Gasteiger partial charge in [0.15, 0.2) is 5.78 Å². The van der Waals surface area contributed by atoms with Gasteiger partial charge in [-0.3, -0.25) is 4.79 Å². The Kier molecular flexibility index (Phi) is 5.45. The number of carbonyl (C=O) groups excluding carboxylic acids is 2. The molecule has 5 heteroatoms. The lowest BCUT2D eigenvalue weighted by Gasteiger charge is -2.34. The predicted molar refractivity (Wildman–Crippen MR) is 98.7 cm³/mol. The minimum atomic E-state index is -0.395. The molecule has 0 amide bonds. The summed E-state index contributed by atoms with van der Waals surface area (Å²) in [5.41, 5.74) is 3.82. The van der Waals surface area contributed by atoms with Gasteiger partial charge < -0.3 is 14.8 Å². The average molecular weight is 355 g/mol. The summed E-state index contributed by atoms with van der Waals surface area (Å²) < 4.78 is 10.8. The number of hydrogen-bond donors (Lipinski definition) is 1. The highest BCUT2D eigenvalue weighted by Crippen LogP contribution is 2.42. The molecule has 0 fully saturated rings. The number of dihydropyridines is 1. The van der Waals surface area contributed by atoms with Crippen molar-refractivity contribution in [3.63, 3.8) is 0 Å². The lowest BCUT2D eigenvalue weighted by molar-refractivity contribution is -0.138. The summed E-state index contributed by atoms with van der Waals surface area (Å²) in [7, 11) is 0. The summed E-state index contributed by atoms with van der Waals surface area (Å²) >= 11 is 0. The molecule has 2 aliphatic rings. The van der Waals surface area contributed by atoms with E-state index in [1.807, 2.05) is 38.1 Å². The number of ketones is 1. The third-order valence-corrected chi connectivity index (χ3v) is 4.80. The second kappa shape index (κ2) is 7.77. The Labute approximate surface area is 154 Å². The van der Waals surface area contributed by atoms with Crippen LogP contribution in [0, 0.1) is 0 Å².